The molecule has 6 nitrogen and oxygen atoms in total. The van der Waals surface area contributed by atoms with Crippen molar-refractivity contribution < 1.29 is 9.47 Å². The van der Waals surface area contributed by atoms with Crippen molar-refractivity contribution in [3.05, 3.63) is 94.0 Å². The number of methoxy groups -OCH3 is 1. The van der Waals surface area contributed by atoms with E-state index in [9.17, 15) is 4.79 Å². The van der Waals surface area contributed by atoms with Gasteiger partial charge in [-0.3, -0.25) is 9.20 Å². The van der Waals surface area contributed by atoms with E-state index in [0.29, 0.717) is 46.1 Å². The molecule has 2 heterocycles. The van der Waals surface area contributed by atoms with Crippen LogP contribution in [0.2, 0.25) is 0 Å². The number of pyridine rings is 1. The fraction of sp³-hybridized carbons (Fsp3) is 0.207. The first-order valence-corrected chi connectivity index (χ1v) is 11.7. The Labute approximate surface area is 204 Å². The van der Waals surface area contributed by atoms with Crippen molar-refractivity contribution in [1.29, 1.82) is 5.26 Å². The van der Waals surface area contributed by atoms with Crippen molar-refractivity contribution in [2.75, 3.05) is 13.7 Å². The van der Waals surface area contributed by atoms with Crippen LogP contribution in [0, 0.1) is 11.3 Å². The van der Waals surface area contributed by atoms with Gasteiger partial charge in [0.1, 0.15) is 5.65 Å². The lowest BCUT2D eigenvalue weighted by atomic mass is 10.0. The van der Waals surface area contributed by atoms with Crippen molar-refractivity contribution in [3.8, 4) is 28.7 Å². The van der Waals surface area contributed by atoms with Crippen LogP contribution in [-0.4, -0.2) is 23.1 Å². The van der Waals surface area contributed by atoms with Gasteiger partial charge in [-0.2, -0.15) is 5.26 Å². The van der Waals surface area contributed by atoms with Crippen molar-refractivity contribution in [1.82, 2.24) is 9.38 Å². The molecule has 0 aliphatic carbocycles. The predicted octanol–water partition coefficient (Wildman–Crippen LogP) is 5.98. The summed E-state index contributed by atoms with van der Waals surface area (Å²) in [5, 5.41) is 9.16. The molecule has 0 fully saturated rings. The minimum Gasteiger partial charge on any atom is -0.493 e. The SMILES string of the molecule is CCCCCOc1c(/C=C/c2nc3ccccn3c(=O)c2-c2ccc(C#N)cc2)cccc1OC. The van der Waals surface area contributed by atoms with Crippen LogP contribution in [0.3, 0.4) is 0 Å². The number of rotatable bonds is 9. The molecule has 0 saturated heterocycles. The number of hydrogen-bond acceptors (Lipinski definition) is 5. The third kappa shape index (κ3) is 5.25. The van der Waals surface area contributed by atoms with Crippen molar-refractivity contribution in [2.45, 2.75) is 26.2 Å². The summed E-state index contributed by atoms with van der Waals surface area (Å²) in [4.78, 5) is 18.2. The second-order valence-electron chi connectivity index (χ2n) is 8.06. The average Bonchev–Trinajstić information content (AvgIpc) is 2.90. The Morgan fingerprint density at radius 3 is 2.60 bits per heavy atom. The molecule has 0 radical (unpaired) electrons. The van der Waals surface area contributed by atoms with E-state index in [4.69, 9.17) is 19.7 Å². The summed E-state index contributed by atoms with van der Waals surface area (Å²) in [5.74, 6) is 1.32. The second kappa shape index (κ2) is 11.2. The second-order valence-corrected chi connectivity index (χ2v) is 8.06. The molecule has 0 spiro atoms. The number of unbranched alkanes of at least 4 members (excludes halogenated alkanes) is 2. The summed E-state index contributed by atoms with van der Waals surface area (Å²) in [7, 11) is 1.62. The molecule has 0 N–H and O–H groups in total. The third-order valence-corrected chi connectivity index (χ3v) is 5.71. The summed E-state index contributed by atoms with van der Waals surface area (Å²) in [6.45, 7) is 2.75. The first-order chi connectivity index (χ1) is 17.2. The van der Waals surface area contributed by atoms with Gasteiger partial charge in [0, 0.05) is 11.8 Å². The van der Waals surface area contributed by atoms with Crippen molar-refractivity contribution >= 4 is 17.8 Å². The Kier molecular flexibility index (Phi) is 7.59. The molecule has 0 atom stereocenters. The van der Waals surface area contributed by atoms with Gasteiger partial charge in [0.2, 0.25) is 0 Å². The van der Waals surface area contributed by atoms with Gasteiger partial charge in [0.15, 0.2) is 11.5 Å². The van der Waals surface area contributed by atoms with E-state index in [1.807, 2.05) is 36.4 Å². The molecule has 0 bridgehead atoms. The Morgan fingerprint density at radius 1 is 1.03 bits per heavy atom. The minimum absolute atomic E-state index is 0.179. The Morgan fingerprint density at radius 2 is 1.86 bits per heavy atom. The number of benzene rings is 2. The van der Waals surface area contributed by atoms with Crippen LogP contribution in [-0.2, 0) is 0 Å². The monoisotopic (exact) mass is 465 g/mol. The van der Waals surface area contributed by atoms with Gasteiger partial charge in [0.25, 0.3) is 5.56 Å². The molecule has 6 heteroatoms. The van der Waals surface area contributed by atoms with E-state index in [0.717, 1.165) is 24.8 Å². The zero-order chi connectivity index (χ0) is 24.6. The molecule has 0 aliphatic heterocycles. The first kappa shape index (κ1) is 23.8. The molecule has 0 amide bonds. The predicted molar refractivity (Wildman–Crippen MR) is 139 cm³/mol. The maximum atomic E-state index is 13.5. The number of nitrogens with zero attached hydrogens (tertiary/aromatic N) is 3. The van der Waals surface area contributed by atoms with Crippen molar-refractivity contribution in [3.63, 3.8) is 0 Å². The van der Waals surface area contributed by atoms with E-state index < -0.39 is 0 Å². The van der Waals surface area contributed by atoms with Crippen LogP contribution in [0.15, 0.2) is 71.7 Å². The van der Waals surface area contributed by atoms with Gasteiger partial charge in [-0.15, -0.1) is 0 Å². The number of hydrogen-bond donors (Lipinski definition) is 0. The molecule has 0 saturated carbocycles. The molecule has 35 heavy (non-hydrogen) atoms. The summed E-state index contributed by atoms with van der Waals surface area (Å²) in [6.07, 6.45) is 8.60. The van der Waals surface area contributed by atoms with E-state index >= 15 is 0 Å². The molecule has 4 aromatic rings. The van der Waals surface area contributed by atoms with Gasteiger partial charge in [0.05, 0.1) is 36.6 Å². The highest BCUT2D eigenvalue weighted by Gasteiger charge is 2.14. The highest BCUT2D eigenvalue weighted by atomic mass is 16.5. The minimum atomic E-state index is -0.179. The Hall–Kier alpha value is -4.37. The van der Waals surface area contributed by atoms with Crippen LogP contribution in [0.4, 0.5) is 0 Å². The zero-order valence-electron chi connectivity index (χ0n) is 19.9. The van der Waals surface area contributed by atoms with Gasteiger partial charge < -0.3 is 9.47 Å². The molecule has 2 aromatic carbocycles. The van der Waals surface area contributed by atoms with Crippen LogP contribution in [0.1, 0.15) is 43.0 Å². The highest BCUT2D eigenvalue weighted by molar-refractivity contribution is 5.81. The van der Waals surface area contributed by atoms with Crippen molar-refractivity contribution in [2.24, 2.45) is 0 Å². The summed E-state index contributed by atoms with van der Waals surface area (Å²) in [6, 6.07) is 20.2. The van der Waals surface area contributed by atoms with Gasteiger partial charge in [-0.05, 0) is 54.5 Å². The molecular weight excluding hydrogens is 438 g/mol. The maximum Gasteiger partial charge on any atom is 0.266 e. The number of para-hydroxylation sites is 1. The molecule has 0 aliphatic rings. The highest BCUT2D eigenvalue weighted by Crippen LogP contribution is 2.33. The standard InChI is InChI=1S/C29H27N3O3/c1-3-4-7-19-35-28-23(9-8-10-25(28)34-2)16-17-24-27(22-14-12-21(20-30)13-15-22)29(33)32-18-6-5-11-26(32)31-24/h5-6,8-18H,3-4,7,19H2,1-2H3/b17-16+. The number of nitriles is 1. The fourth-order valence-electron chi connectivity index (χ4n) is 3.88. The summed E-state index contributed by atoms with van der Waals surface area (Å²) in [5.41, 5.74) is 3.43. The van der Waals surface area contributed by atoms with Crippen LogP contribution >= 0.6 is 0 Å². The number of aromatic nitrogens is 2. The van der Waals surface area contributed by atoms with Crippen LogP contribution < -0.4 is 15.0 Å². The van der Waals surface area contributed by atoms with Gasteiger partial charge in [-0.25, -0.2) is 4.98 Å². The van der Waals surface area contributed by atoms with Crippen LogP contribution in [0.5, 0.6) is 11.5 Å². The van der Waals surface area contributed by atoms with E-state index in [-0.39, 0.29) is 5.56 Å². The molecule has 0 unspecified atom stereocenters. The van der Waals surface area contributed by atoms with Crippen LogP contribution in [0.25, 0.3) is 28.9 Å². The molecular formula is C29H27N3O3. The molecule has 4 rings (SSSR count). The Balaban J connectivity index is 1.81. The van der Waals surface area contributed by atoms with E-state index in [2.05, 4.69) is 13.0 Å². The number of ether oxygens (including phenoxy) is 2. The fourth-order valence-corrected chi connectivity index (χ4v) is 3.88. The van der Waals surface area contributed by atoms with E-state index in [1.165, 1.54) is 4.40 Å². The topological polar surface area (TPSA) is 76.6 Å². The van der Waals surface area contributed by atoms with Gasteiger partial charge in [-0.1, -0.05) is 50.1 Å². The maximum absolute atomic E-state index is 13.5. The first-order valence-electron chi connectivity index (χ1n) is 11.7. The molecule has 2 aromatic heterocycles. The smallest absolute Gasteiger partial charge is 0.266 e. The molecule has 176 valence electrons. The third-order valence-electron chi connectivity index (χ3n) is 5.71. The van der Waals surface area contributed by atoms with Gasteiger partial charge >= 0.3 is 0 Å². The zero-order valence-corrected chi connectivity index (χ0v) is 19.9. The summed E-state index contributed by atoms with van der Waals surface area (Å²) >= 11 is 0. The quantitative estimate of drug-likeness (QED) is 0.284. The lowest BCUT2D eigenvalue weighted by molar-refractivity contribution is 0.285. The largest absolute Gasteiger partial charge is 0.493 e. The lowest BCUT2D eigenvalue weighted by Gasteiger charge is -2.13. The Bertz CT molecular complexity index is 1450. The normalized spacial score (nSPS) is 11.0. The number of fused-ring (bicyclic) bond motifs is 1. The lowest BCUT2D eigenvalue weighted by Crippen LogP contribution is -2.18. The summed E-state index contributed by atoms with van der Waals surface area (Å²) < 4.78 is 13.1. The average molecular weight is 466 g/mol. The van der Waals surface area contributed by atoms with E-state index in [1.54, 1.807) is 49.7 Å².